The first-order valence-electron chi connectivity index (χ1n) is 5.68. The standard InChI is InChI=1S/C11H21N3/c1-3-10(8-12)13-9-11-6-5-7-14(11)4-2/h10-11,13H,3-7,9H2,1-2H3. The van der Waals surface area contributed by atoms with Gasteiger partial charge in [-0.05, 0) is 32.4 Å². The van der Waals surface area contributed by atoms with E-state index in [0.717, 1.165) is 19.5 Å². The predicted molar refractivity (Wildman–Crippen MR) is 58.0 cm³/mol. The molecule has 1 rings (SSSR count). The molecule has 0 aromatic rings. The Morgan fingerprint density at radius 3 is 2.93 bits per heavy atom. The molecule has 80 valence electrons. The molecule has 0 bridgehead atoms. The van der Waals surface area contributed by atoms with Crippen molar-refractivity contribution < 1.29 is 0 Å². The number of nitrogens with one attached hydrogen (secondary N) is 1. The third-order valence-corrected chi connectivity index (χ3v) is 3.07. The minimum atomic E-state index is 0.0364. The highest BCUT2D eigenvalue weighted by Gasteiger charge is 2.22. The minimum Gasteiger partial charge on any atom is -0.300 e. The number of rotatable bonds is 5. The van der Waals surface area contributed by atoms with E-state index >= 15 is 0 Å². The Hall–Kier alpha value is -0.590. The first-order valence-corrected chi connectivity index (χ1v) is 5.68. The van der Waals surface area contributed by atoms with Gasteiger partial charge in [0.05, 0.1) is 12.1 Å². The molecular formula is C11H21N3. The van der Waals surface area contributed by atoms with Gasteiger partial charge in [0.2, 0.25) is 0 Å². The van der Waals surface area contributed by atoms with Gasteiger partial charge in [-0.1, -0.05) is 13.8 Å². The summed E-state index contributed by atoms with van der Waals surface area (Å²) in [5.74, 6) is 0. The van der Waals surface area contributed by atoms with E-state index < -0.39 is 0 Å². The topological polar surface area (TPSA) is 39.1 Å². The highest BCUT2D eigenvalue weighted by Crippen LogP contribution is 2.15. The van der Waals surface area contributed by atoms with Crippen LogP contribution in [0, 0.1) is 11.3 Å². The van der Waals surface area contributed by atoms with Gasteiger partial charge in [0.15, 0.2) is 0 Å². The van der Waals surface area contributed by atoms with Crippen molar-refractivity contribution in [2.24, 2.45) is 0 Å². The third kappa shape index (κ3) is 2.97. The second kappa shape index (κ2) is 6.00. The normalized spacial score (nSPS) is 24.8. The molecule has 1 aliphatic heterocycles. The van der Waals surface area contributed by atoms with Crippen molar-refractivity contribution in [2.75, 3.05) is 19.6 Å². The van der Waals surface area contributed by atoms with E-state index in [1.54, 1.807) is 0 Å². The minimum absolute atomic E-state index is 0.0364. The maximum atomic E-state index is 8.80. The summed E-state index contributed by atoms with van der Waals surface area (Å²) in [5, 5.41) is 12.1. The number of hydrogen-bond donors (Lipinski definition) is 1. The molecule has 14 heavy (non-hydrogen) atoms. The van der Waals surface area contributed by atoms with Gasteiger partial charge in [0.25, 0.3) is 0 Å². The lowest BCUT2D eigenvalue weighted by molar-refractivity contribution is 0.257. The zero-order chi connectivity index (χ0) is 10.4. The Morgan fingerprint density at radius 2 is 2.36 bits per heavy atom. The second-order valence-corrected chi connectivity index (χ2v) is 3.92. The van der Waals surface area contributed by atoms with Crippen molar-refractivity contribution >= 4 is 0 Å². The van der Waals surface area contributed by atoms with Crippen LogP contribution in [0.2, 0.25) is 0 Å². The first kappa shape index (κ1) is 11.5. The summed E-state index contributed by atoms with van der Waals surface area (Å²) >= 11 is 0. The molecule has 2 unspecified atom stereocenters. The van der Waals surface area contributed by atoms with Crippen molar-refractivity contribution in [2.45, 2.75) is 45.2 Å². The molecule has 1 aliphatic rings. The van der Waals surface area contributed by atoms with Crippen molar-refractivity contribution in [1.29, 1.82) is 5.26 Å². The molecule has 1 heterocycles. The maximum Gasteiger partial charge on any atom is 0.0950 e. The van der Waals surface area contributed by atoms with Crippen LogP contribution in [0.5, 0.6) is 0 Å². The lowest BCUT2D eigenvalue weighted by atomic mass is 10.2. The van der Waals surface area contributed by atoms with Crippen LogP contribution in [-0.2, 0) is 0 Å². The number of nitrogens with zero attached hydrogens (tertiary/aromatic N) is 2. The van der Waals surface area contributed by atoms with Crippen molar-refractivity contribution in [3.05, 3.63) is 0 Å². The zero-order valence-corrected chi connectivity index (χ0v) is 9.29. The van der Waals surface area contributed by atoms with E-state index in [9.17, 15) is 0 Å². The molecule has 0 aliphatic carbocycles. The van der Waals surface area contributed by atoms with Crippen LogP contribution in [0.4, 0.5) is 0 Å². The summed E-state index contributed by atoms with van der Waals surface area (Å²) in [6, 6.07) is 2.97. The van der Waals surface area contributed by atoms with E-state index in [1.807, 2.05) is 6.92 Å². The molecule has 0 aromatic heterocycles. The average molecular weight is 195 g/mol. The highest BCUT2D eigenvalue weighted by molar-refractivity contribution is 4.90. The lowest BCUT2D eigenvalue weighted by Crippen LogP contribution is -2.41. The van der Waals surface area contributed by atoms with E-state index in [1.165, 1.54) is 19.4 Å². The summed E-state index contributed by atoms with van der Waals surface area (Å²) in [6.45, 7) is 7.59. The summed E-state index contributed by atoms with van der Waals surface area (Å²) in [4.78, 5) is 2.50. The van der Waals surface area contributed by atoms with Crippen LogP contribution >= 0.6 is 0 Å². The predicted octanol–water partition coefficient (Wildman–Crippen LogP) is 1.36. The summed E-state index contributed by atoms with van der Waals surface area (Å²) < 4.78 is 0. The van der Waals surface area contributed by atoms with Crippen LogP contribution in [0.15, 0.2) is 0 Å². The van der Waals surface area contributed by atoms with Gasteiger partial charge in [-0.2, -0.15) is 5.26 Å². The van der Waals surface area contributed by atoms with Gasteiger partial charge in [-0.15, -0.1) is 0 Å². The van der Waals surface area contributed by atoms with Crippen LogP contribution in [0.3, 0.4) is 0 Å². The Bertz CT molecular complexity index is 197. The Morgan fingerprint density at radius 1 is 1.57 bits per heavy atom. The number of nitriles is 1. The third-order valence-electron chi connectivity index (χ3n) is 3.07. The second-order valence-electron chi connectivity index (χ2n) is 3.92. The van der Waals surface area contributed by atoms with Crippen LogP contribution < -0.4 is 5.32 Å². The van der Waals surface area contributed by atoms with E-state index in [4.69, 9.17) is 5.26 Å². The van der Waals surface area contributed by atoms with Gasteiger partial charge in [0.1, 0.15) is 0 Å². The van der Waals surface area contributed by atoms with Gasteiger partial charge in [0, 0.05) is 12.6 Å². The fourth-order valence-electron chi connectivity index (χ4n) is 2.10. The Kier molecular flexibility index (Phi) is 4.92. The molecule has 0 spiro atoms. The molecule has 1 saturated heterocycles. The fraction of sp³-hybridized carbons (Fsp3) is 0.909. The zero-order valence-electron chi connectivity index (χ0n) is 9.29. The SMILES string of the molecule is CCC(C#N)NCC1CCCN1CC. The molecule has 3 nitrogen and oxygen atoms in total. The molecule has 1 fully saturated rings. The molecule has 1 N–H and O–H groups in total. The Balaban J connectivity index is 2.26. The smallest absolute Gasteiger partial charge is 0.0950 e. The summed E-state index contributed by atoms with van der Waals surface area (Å²) in [7, 11) is 0. The highest BCUT2D eigenvalue weighted by atomic mass is 15.2. The van der Waals surface area contributed by atoms with Crippen molar-refractivity contribution in [3.8, 4) is 6.07 Å². The molecule has 0 amide bonds. The van der Waals surface area contributed by atoms with Crippen molar-refractivity contribution in [1.82, 2.24) is 10.2 Å². The van der Waals surface area contributed by atoms with Crippen LogP contribution in [0.1, 0.15) is 33.1 Å². The summed E-state index contributed by atoms with van der Waals surface area (Å²) in [5.41, 5.74) is 0. The molecule has 0 radical (unpaired) electrons. The van der Waals surface area contributed by atoms with E-state index in [0.29, 0.717) is 6.04 Å². The van der Waals surface area contributed by atoms with Gasteiger partial charge < -0.3 is 5.32 Å². The first-order chi connectivity index (χ1) is 6.81. The molecule has 0 aromatic carbocycles. The van der Waals surface area contributed by atoms with E-state index in [-0.39, 0.29) is 6.04 Å². The van der Waals surface area contributed by atoms with Crippen LogP contribution in [-0.4, -0.2) is 36.6 Å². The lowest BCUT2D eigenvalue weighted by Gasteiger charge is -2.23. The number of hydrogen-bond acceptors (Lipinski definition) is 3. The molecule has 3 heteroatoms. The molecule has 2 atom stereocenters. The maximum absolute atomic E-state index is 8.80. The average Bonchev–Trinajstić information content (AvgIpc) is 2.67. The quantitative estimate of drug-likeness (QED) is 0.720. The number of likely N-dealkylation sites (tertiary alicyclic amines) is 1. The van der Waals surface area contributed by atoms with Gasteiger partial charge >= 0.3 is 0 Å². The largest absolute Gasteiger partial charge is 0.300 e. The number of likely N-dealkylation sites (N-methyl/N-ethyl adjacent to an activating group) is 1. The summed E-state index contributed by atoms with van der Waals surface area (Å²) in [6.07, 6.45) is 3.49. The van der Waals surface area contributed by atoms with Crippen LogP contribution in [0.25, 0.3) is 0 Å². The fourth-order valence-corrected chi connectivity index (χ4v) is 2.10. The van der Waals surface area contributed by atoms with E-state index in [2.05, 4.69) is 23.2 Å². The Labute approximate surface area is 87.1 Å². The van der Waals surface area contributed by atoms with Crippen molar-refractivity contribution in [3.63, 3.8) is 0 Å². The monoisotopic (exact) mass is 195 g/mol. The van der Waals surface area contributed by atoms with Gasteiger partial charge in [-0.3, -0.25) is 4.90 Å². The molecule has 0 saturated carbocycles. The van der Waals surface area contributed by atoms with Gasteiger partial charge in [-0.25, -0.2) is 0 Å². The molecular weight excluding hydrogens is 174 g/mol.